The van der Waals surface area contributed by atoms with Crippen LogP contribution in [0, 0.1) is 0 Å². The molecule has 0 saturated heterocycles. The van der Waals surface area contributed by atoms with Crippen molar-refractivity contribution < 1.29 is 4.74 Å². The smallest absolute Gasteiger partial charge is 0.322 e. The lowest BCUT2D eigenvalue weighted by Crippen LogP contribution is -2.06. The second kappa shape index (κ2) is 5.31. The Hall–Kier alpha value is -2.37. The lowest BCUT2D eigenvalue weighted by Gasteiger charge is -2.09. The molecule has 0 aliphatic carbocycles. The van der Waals surface area contributed by atoms with Gasteiger partial charge in [-0.15, -0.1) is 0 Å². The van der Waals surface area contributed by atoms with E-state index in [9.17, 15) is 0 Å². The van der Waals surface area contributed by atoms with Crippen molar-refractivity contribution in [1.29, 1.82) is 0 Å². The highest BCUT2D eigenvalue weighted by Gasteiger charge is 2.06. The fourth-order valence-electron chi connectivity index (χ4n) is 1.59. The number of nitrogens with zero attached hydrogens (tertiary/aromatic N) is 3. The molecular weight excluding hydrogens is 230 g/mol. The summed E-state index contributed by atoms with van der Waals surface area (Å²) in [5.41, 5.74) is 7.70. The Morgan fingerprint density at radius 1 is 1.22 bits per heavy atom. The van der Waals surface area contributed by atoms with Crippen molar-refractivity contribution in [3.05, 3.63) is 29.8 Å². The van der Waals surface area contributed by atoms with Crippen LogP contribution in [0.1, 0.15) is 12.5 Å². The van der Waals surface area contributed by atoms with Crippen LogP contribution in [0.5, 0.6) is 6.01 Å². The van der Waals surface area contributed by atoms with E-state index >= 15 is 0 Å². The monoisotopic (exact) mass is 245 g/mol. The molecule has 0 bridgehead atoms. The first-order valence-corrected chi connectivity index (χ1v) is 5.63. The Morgan fingerprint density at radius 2 is 2.00 bits per heavy atom. The number of ether oxygens (including phenoxy) is 1. The molecule has 6 nitrogen and oxygen atoms in total. The molecule has 0 atom stereocenters. The summed E-state index contributed by atoms with van der Waals surface area (Å²) in [4.78, 5) is 11.9. The fraction of sp³-hybridized carbons (Fsp3) is 0.250. The maximum atomic E-state index is 5.58. The summed E-state index contributed by atoms with van der Waals surface area (Å²) in [5, 5.41) is 3.12. The van der Waals surface area contributed by atoms with Crippen LogP contribution in [-0.4, -0.2) is 22.1 Å². The van der Waals surface area contributed by atoms with Gasteiger partial charge in [-0.1, -0.05) is 25.1 Å². The van der Waals surface area contributed by atoms with E-state index in [1.807, 2.05) is 24.3 Å². The van der Waals surface area contributed by atoms with E-state index in [2.05, 4.69) is 27.2 Å². The molecule has 18 heavy (non-hydrogen) atoms. The van der Waals surface area contributed by atoms with Crippen LogP contribution in [0.15, 0.2) is 24.3 Å². The zero-order valence-electron chi connectivity index (χ0n) is 10.3. The molecule has 0 amide bonds. The van der Waals surface area contributed by atoms with Gasteiger partial charge >= 0.3 is 6.01 Å². The Balaban J connectivity index is 2.30. The highest BCUT2D eigenvalue weighted by molar-refractivity contribution is 5.58. The quantitative estimate of drug-likeness (QED) is 0.853. The number of aryl methyl sites for hydroxylation is 1. The lowest BCUT2D eigenvalue weighted by atomic mass is 10.1. The number of hydrogen-bond acceptors (Lipinski definition) is 6. The molecule has 0 saturated carbocycles. The third-order valence-electron chi connectivity index (χ3n) is 2.46. The average molecular weight is 245 g/mol. The zero-order chi connectivity index (χ0) is 13.0. The van der Waals surface area contributed by atoms with Gasteiger partial charge < -0.3 is 15.8 Å². The molecule has 0 aliphatic rings. The normalized spacial score (nSPS) is 10.1. The Labute approximate surface area is 105 Å². The van der Waals surface area contributed by atoms with Crippen molar-refractivity contribution >= 4 is 17.6 Å². The van der Waals surface area contributed by atoms with Gasteiger partial charge in [-0.3, -0.25) is 0 Å². The van der Waals surface area contributed by atoms with Gasteiger partial charge in [0.05, 0.1) is 7.11 Å². The highest BCUT2D eigenvalue weighted by atomic mass is 16.5. The van der Waals surface area contributed by atoms with Crippen molar-refractivity contribution in [2.45, 2.75) is 13.3 Å². The number of anilines is 3. The van der Waals surface area contributed by atoms with Gasteiger partial charge in [0.2, 0.25) is 11.9 Å². The summed E-state index contributed by atoms with van der Waals surface area (Å²) in [5.74, 6) is 0.499. The van der Waals surface area contributed by atoms with E-state index in [1.165, 1.54) is 12.7 Å². The number of benzene rings is 1. The van der Waals surface area contributed by atoms with Crippen LogP contribution < -0.4 is 15.8 Å². The summed E-state index contributed by atoms with van der Waals surface area (Å²) >= 11 is 0. The van der Waals surface area contributed by atoms with Crippen molar-refractivity contribution in [2.24, 2.45) is 0 Å². The van der Waals surface area contributed by atoms with E-state index < -0.39 is 0 Å². The Kier molecular flexibility index (Phi) is 3.57. The summed E-state index contributed by atoms with van der Waals surface area (Å²) in [6.07, 6.45) is 0.918. The van der Waals surface area contributed by atoms with E-state index in [1.54, 1.807) is 0 Å². The van der Waals surface area contributed by atoms with Crippen LogP contribution in [0.2, 0.25) is 0 Å². The summed E-state index contributed by atoms with van der Waals surface area (Å²) in [6.45, 7) is 2.09. The number of rotatable bonds is 4. The standard InChI is InChI=1S/C12H15N5O/c1-3-8-6-4-5-7-9(8)14-11-15-10(13)16-12(17-11)18-2/h4-7H,3H2,1-2H3,(H3,13,14,15,16,17). The topological polar surface area (TPSA) is 86.0 Å². The fourth-order valence-corrected chi connectivity index (χ4v) is 1.59. The number of nitrogens with one attached hydrogen (secondary N) is 1. The molecule has 1 heterocycles. The van der Waals surface area contributed by atoms with Crippen LogP contribution in [0.25, 0.3) is 0 Å². The van der Waals surface area contributed by atoms with Crippen molar-refractivity contribution in [3.8, 4) is 6.01 Å². The predicted octanol–water partition coefficient (Wildman–Crippen LogP) is 1.77. The van der Waals surface area contributed by atoms with Gasteiger partial charge in [0.1, 0.15) is 0 Å². The van der Waals surface area contributed by atoms with E-state index in [0.717, 1.165) is 12.1 Å². The predicted molar refractivity (Wildman–Crippen MR) is 69.9 cm³/mol. The van der Waals surface area contributed by atoms with Crippen molar-refractivity contribution in [3.63, 3.8) is 0 Å². The minimum absolute atomic E-state index is 0.123. The zero-order valence-corrected chi connectivity index (χ0v) is 10.3. The number of para-hydroxylation sites is 1. The number of hydrogen-bond donors (Lipinski definition) is 2. The van der Waals surface area contributed by atoms with Crippen LogP contribution in [0.3, 0.4) is 0 Å². The second-order valence-electron chi connectivity index (χ2n) is 3.64. The van der Waals surface area contributed by atoms with E-state index in [0.29, 0.717) is 5.95 Å². The molecule has 2 rings (SSSR count). The minimum Gasteiger partial charge on any atom is -0.467 e. The molecule has 0 radical (unpaired) electrons. The average Bonchev–Trinajstić information content (AvgIpc) is 2.38. The number of nitrogen functional groups attached to an aromatic ring is 1. The molecule has 0 spiro atoms. The first-order valence-electron chi connectivity index (χ1n) is 5.63. The van der Waals surface area contributed by atoms with Gasteiger partial charge in [0, 0.05) is 5.69 Å². The number of methoxy groups -OCH3 is 1. The summed E-state index contributed by atoms with van der Waals surface area (Å²) in [7, 11) is 1.48. The Bertz CT molecular complexity index is 544. The van der Waals surface area contributed by atoms with Gasteiger partial charge in [0.25, 0.3) is 0 Å². The number of nitrogens with two attached hydrogens (primary N) is 1. The first kappa shape index (κ1) is 12.1. The maximum absolute atomic E-state index is 5.58. The van der Waals surface area contributed by atoms with Gasteiger partial charge in [-0.2, -0.15) is 15.0 Å². The molecule has 94 valence electrons. The molecule has 3 N–H and O–H groups in total. The number of aromatic nitrogens is 3. The van der Waals surface area contributed by atoms with Crippen molar-refractivity contribution in [2.75, 3.05) is 18.2 Å². The SMILES string of the molecule is CCc1ccccc1Nc1nc(N)nc(OC)n1. The van der Waals surface area contributed by atoms with E-state index in [4.69, 9.17) is 10.5 Å². The first-order chi connectivity index (χ1) is 8.72. The molecule has 1 aromatic carbocycles. The third kappa shape index (κ3) is 2.65. The lowest BCUT2D eigenvalue weighted by molar-refractivity contribution is 0.380. The summed E-state index contributed by atoms with van der Waals surface area (Å²) < 4.78 is 4.95. The molecule has 0 fully saturated rings. The second-order valence-corrected chi connectivity index (χ2v) is 3.64. The molecule has 1 aromatic heterocycles. The molecule has 0 unspecified atom stereocenters. The molecule has 0 aliphatic heterocycles. The van der Waals surface area contributed by atoms with E-state index in [-0.39, 0.29) is 12.0 Å². The maximum Gasteiger partial charge on any atom is 0.322 e. The van der Waals surface area contributed by atoms with Crippen molar-refractivity contribution in [1.82, 2.24) is 15.0 Å². The largest absolute Gasteiger partial charge is 0.467 e. The molecule has 2 aromatic rings. The van der Waals surface area contributed by atoms with Gasteiger partial charge in [-0.05, 0) is 18.1 Å². The van der Waals surface area contributed by atoms with Crippen LogP contribution >= 0.6 is 0 Å². The highest BCUT2D eigenvalue weighted by Crippen LogP contribution is 2.20. The van der Waals surface area contributed by atoms with Crippen LogP contribution in [-0.2, 0) is 6.42 Å². The third-order valence-corrected chi connectivity index (χ3v) is 2.46. The summed E-state index contributed by atoms with van der Waals surface area (Å²) in [6, 6.07) is 8.14. The Morgan fingerprint density at radius 3 is 2.72 bits per heavy atom. The molecule has 6 heteroatoms. The van der Waals surface area contributed by atoms with Crippen LogP contribution in [0.4, 0.5) is 17.6 Å². The van der Waals surface area contributed by atoms with Gasteiger partial charge in [0.15, 0.2) is 0 Å². The minimum atomic E-state index is 0.123. The molecular formula is C12H15N5O. The van der Waals surface area contributed by atoms with Gasteiger partial charge in [-0.25, -0.2) is 0 Å².